The fraction of sp³-hybridized carbons (Fsp3) is 0.917. The molecule has 15 heavy (non-hydrogen) atoms. The normalized spacial score (nSPS) is 26.1. The molecule has 0 bridgehead atoms. The zero-order valence-corrected chi connectivity index (χ0v) is 10.3. The van der Waals surface area contributed by atoms with E-state index in [0.717, 1.165) is 24.8 Å². The standard InChI is InChI=1S/C12H24N2O/c1-10-5-4-6-11(9-10)7-8-13-12(15)14(2)3/h10-11H,4-9H2,1-3H3,(H,13,15). The summed E-state index contributed by atoms with van der Waals surface area (Å²) in [4.78, 5) is 12.9. The Morgan fingerprint density at radius 3 is 2.73 bits per heavy atom. The molecule has 2 unspecified atom stereocenters. The monoisotopic (exact) mass is 212 g/mol. The molecule has 0 aromatic rings. The molecule has 1 saturated carbocycles. The average Bonchev–Trinajstić information content (AvgIpc) is 2.17. The van der Waals surface area contributed by atoms with Gasteiger partial charge in [-0.25, -0.2) is 4.79 Å². The Hall–Kier alpha value is -0.730. The molecule has 0 spiro atoms. The van der Waals surface area contributed by atoms with Gasteiger partial charge in [0.15, 0.2) is 0 Å². The van der Waals surface area contributed by atoms with Crippen molar-refractivity contribution in [1.29, 1.82) is 0 Å². The van der Waals surface area contributed by atoms with Crippen LogP contribution in [0.2, 0.25) is 0 Å². The van der Waals surface area contributed by atoms with Crippen LogP contribution in [0.5, 0.6) is 0 Å². The Bertz CT molecular complexity index is 204. The zero-order valence-electron chi connectivity index (χ0n) is 10.3. The topological polar surface area (TPSA) is 32.3 Å². The van der Waals surface area contributed by atoms with E-state index in [0.29, 0.717) is 0 Å². The van der Waals surface area contributed by atoms with E-state index in [4.69, 9.17) is 0 Å². The lowest BCUT2D eigenvalue weighted by Crippen LogP contribution is -2.35. The molecule has 0 radical (unpaired) electrons. The van der Waals surface area contributed by atoms with Gasteiger partial charge in [-0.05, 0) is 24.7 Å². The van der Waals surface area contributed by atoms with Gasteiger partial charge in [0.2, 0.25) is 0 Å². The lowest BCUT2D eigenvalue weighted by atomic mass is 9.81. The van der Waals surface area contributed by atoms with E-state index in [1.54, 1.807) is 19.0 Å². The van der Waals surface area contributed by atoms with Gasteiger partial charge in [-0.1, -0.05) is 26.2 Å². The summed E-state index contributed by atoms with van der Waals surface area (Å²) in [6, 6.07) is 0.0267. The molecule has 1 rings (SSSR count). The van der Waals surface area contributed by atoms with E-state index < -0.39 is 0 Å². The molecule has 0 saturated heterocycles. The third-order valence-corrected chi connectivity index (χ3v) is 3.28. The molecule has 1 aliphatic carbocycles. The Labute approximate surface area is 93.2 Å². The summed E-state index contributed by atoms with van der Waals surface area (Å²) >= 11 is 0. The SMILES string of the molecule is CC1CCCC(CCNC(=O)N(C)C)C1. The molecule has 3 heteroatoms. The van der Waals surface area contributed by atoms with Gasteiger partial charge >= 0.3 is 6.03 Å². The van der Waals surface area contributed by atoms with Gasteiger partial charge in [-0.15, -0.1) is 0 Å². The number of carbonyl (C=O) groups excluding carboxylic acids is 1. The third-order valence-electron chi connectivity index (χ3n) is 3.28. The summed E-state index contributed by atoms with van der Waals surface area (Å²) in [6.45, 7) is 3.17. The first kappa shape index (κ1) is 12.3. The summed E-state index contributed by atoms with van der Waals surface area (Å²) in [6.07, 6.45) is 6.60. The summed E-state index contributed by atoms with van der Waals surface area (Å²) in [5.41, 5.74) is 0. The van der Waals surface area contributed by atoms with E-state index >= 15 is 0 Å². The highest BCUT2D eigenvalue weighted by Gasteiger charge is 2.18. The van der Waals surface area contributed by atoms with Gasteiger partial charge in [-0.2, -0.15) is 0 Å². The molecule has 1 fully saturated rings. The number of rotatable bonds is 3. The minimum absolute atomic E-state index is 0.0267. The number of hydrogen-bond donors (Lipinski definition) is 1. The molecule has 1 N–H and O–H groups in total. The first-order valence-corrected chi connectivity index (χ1v) is 6.04. The Balaban J connectivity index is 2.11. The fourth-order valence-electron chi connectivity index (χ4n) is 2.36. The number of nitrogens with zero attached hydrogens (tertiary/aromatic N) is 1. The van der Waals surface area contributed by atoms with Crippen molar-refractivity contribution >= 4 is 6.03 Å². The van der Waals surface area contributed by atoms with Crippen LogP contribution in [0.3, 0.4) is 0 Å². The average molecular weight is 212 g/mol. The second kappa shape index (κ2) is 5.99. The van der Waals surface area contributed by atoms with E-state index in [1.807, 2.05) is 0 Å². The zero-order chi connectivity index (χ0) is 11.3. The predicted octanol–water partition coefficient (Wildman–Crippen LogP) is 2.47. The molecule has 0 aromatic carbocycles. The lowest BCUT2D eigenvalue weighted by molar-refractivity contribution is 0.214. The van der Waals surface area contributed by atoms with E-state index in [2.05, 4.69) is 12.2 Å². The fourth-order valence-corrected chi connectivity index (χ4v) is 2.36. The number of urea groups is 1. The van der Waals surface area contributed by atoms with Crippen molar-refractivity contribution in [2.24, 2.45) is 11.8 Å². The van der Waals surface area contributed by atoms with Gasteiger partial charge in [0, 0.05) is 20.6 Å². The minimum Gasteiger partial charge on any atom is -0.338 e. The second-order valence-corrected chi connectivity index (χ2v) is 5.05. The van der Waals surface area contributed by atoms with Crippen LogP contribution >= 0.6 is 0 Å². The third kappa shape index (κ3) is 4.54. The minimum atomic E-state index is 0.0267. The number of nitrogens with one attached hydrogen (secondary N) is 1. The molecule has 0 aromatic heterocycles. The van der Waals surface area contributed by atoms with Gasteiger partial charge in [-0.3, -0.25) is 0 Å². The number of hydrogen-bond acceptors (Lipinski definition) is 1. The van der Waals surface area contributed by atoms with Crippen LogP contribution in [0.4, 0.5) is 4.79 Å². The molecule has 0 heterocycles. The molecule has 3 nitrogen and oxygen atoms in total. The maximum absolute atomic E-state index is 11.3. The second-order valence-electron chi connectivity index (χ2n) is 5.05. The largest absolute Gasteiger partial charge is 0.338 e. The maximum atomic E-state index is 11.3. The van der Waals surface area contributed by atoms with Crippen LogP contribution < -0.4 is 5.32 Å². The van der Waals surface area contributed by atoms with Crippen molar-refractivity contribution < 1.29 is 4.79 Å². The highest BCUT2D eigenvalue weighted by atomic mass is 16.2. The number of amides is 2. The van der Waals surface area contributed by atoms with E-state index in [1.165, 1.54) is 25.7 Å². The number of carbonyl (C=O) groups is 1. The van der Waals surface area contributed by atoms with Gasteiger partial charge in [0.05, 0.1) is 0 Å². The van der Waals surface area contributed by atoms with Gasteiger partial charge < -0.3 is 10.2 Å². The van der Waals surface area contributed by atoms with Crippen molar-refractivity contribution in [2.45, 2.75) is 39.0 Å². The molecule has 1 aliphatic rings. The first-order chi connectivity index (χ1) is 7.09. The molecule has 88 valence electrons. The summed E-state index contributed by atoms with van der Waals surface area (Å²) in [7, 11) is 3.55. The van der Waals surface area contributed by atoms with Crippen molar-refractivity contribution in [2.75, 3.05) is 20.6 Å². The van der Waals surface area contributed by atoms with Crippen molar-refractivity contribution in [3.63, 3.8) is 0 Å². The van der Waals surface area contributed by atoms with Crippen LogP contribution in [-0.4, -0.2) is 31.6 Å². The van der Waals surface area contributed by atoms with E-state index in [-0.39, 0.29) is 6.03 Å². The summed E-state index contributed by atoms with van der Waals surface area (Å²) in [5.74, 6) is 1.71. The highest BCUT2D eigenvalue weighted by Crippen LogP contribution is 2.30. The van der Waals surface area contributed by atoms with Crippen LogP contribution in [0.25, 0.3) is 0 Å². The van der Waals surface area contributed by atoms with Gasteiger partial charge in [0.25, 0.3) is 0 Å². The predicted molar refractivity (Wildman–Crippen MR) is 62.8 cm³/mol. The highest BCUT2D eigenvalue weighted by molar-refractivity contribution is 5.73. The van der Waals surface area contributed by atoms with Gasteiger partial charge in [0.1, 0.15) is 0 Å². The lowest BCUT2D eigenvalue weighted by Gasteiger charge is -2.26. The summed E-state index contributed by atoms with van der Waals surface area (Å²) in [5, 5.41) is 2.93. The molecular formula is C12H24N2O. The van der Waals surface area contributed by atoms with Crippen LogP contribution in [-0.2, 0) is 0 Å². The smallest absolute Gasteiger partial charge is 0.316 e. The summed E-state index contributed by atoms with van der Waals surface area (Å²) < 4.78 is 0. The Morgan fingerprint density at radius 1 is 1.40 bits per heavy atom. The van der Waals surface area contributed by atoms with Crippen LogP contribution in [0.1, 0.15) is 39.0 Å². The molecular weight excluding hydrogens is 188 g/mol. The molecule has 0 aliphatic heterocycles. The van der Waals surface area contributed by atoms with Crippen molar-refractivity contribution in [3.8, 4) is 0 Å². The quantitative estimate of drug-likeness (QED) is 0.766. The molecule has 2 atom stereocenters. The molecule has 2 amide bonds. The van der Waals surface area contributed by atoms with Crippen molar-refractivity contribution in [1.82, 2.24) is 10.2 Å². The Kier molecular flexibility index (Phi) is 4.92. The first-order valence-electron chi connectivity index (χ1n) is 6.04. The Morgan fingerprint density at radius 2 is 2.13 bits per heavy atom. The van der Waals surface area contributed by atoms with E-state index in [9.17, 15) is 4.79 Å². The van der Waals surface area contributed by atoms with Crippen LogP contribution in [0.15, 0.2) is 0 Å². The van der Waals surface area contributed by atoms with Crippen LogP contribution in [0, 0.1) is 11.8 Å². The maximum Gasteiger partial charge on any atom is 0.316 e. The van der Waals surface area contributed by atoms with Crippen molar-refractivity contribution in [3.05, 3.63) is 0 Å².